The van der Waals surface area contributed by atoms with Crippen molar-refractivity contribution in [3.63, 3.8) is 0 Å². The van der Waals surface area contributed by atoms with Crippen LogP contribution < -0.4 is 10.2 Å². The molecule has 0 atom stereocenters. The second-order valence-corrected chi connectivity index (χ2v) is 8.28. The van der Waals surface area contributed by atoms with Gasteiger partial charge >= 0.3 is 0 Å². The fourth-order valence-corrected chi connectivity index (χ4v) is 4.09. The molecule has 1 fully saturated rings. The number of hydrogen-bond acceptors (Lipinski definition) is 4. The first-order valence-electron chi connectivity index (χ1n) is 9.87. The smallest absolute Gasteiger partial charge is 0.276 e. The second-order valence-electron chi connectivity index (χ2n) is 7.36. The summed E-state index contributed by atoms with van der Waals surface area (Å²) in [6.45, 7) is 1.94. The molecule has 1 N–H and O–H groups in total. The highest BCUT2D eigenvalue weighted by Gasteiger charge is 2.21. The molecule has 0 unspecified atom stereocenters. The van der Waals surface area contributed by atoms with Crippen molar-refractivity contribution >= 4 is 33.3 Å². The number of aromatic nitrogens is 2. The van der Waals surface area contributed by atoms with E-state index in [2.05, 4.69) is 66.7 Å². The van der Waals surface area contributed by atoms with Crippen LogP contribution in [0.25, 0.3) is 0 Å². The Morgan fingerprint density at radius 3 is 2.48 bits per heavy atom. The number of nitrogens with one attached hydrogen (secondary N) is 1. The number of piperidine rings is 1. The lowest BCUT2D eigenvalue weighted by Crippen LogP contribution is -2.35. The molecule has 0 aliphatic carbocycles. The number of hydrogen-bond donors (Lipinski definition) is 1. The van der Waals surface area contributed by atoms with E-state index in [1.807, 2.05) is 30.3 Å². The molecule has 3 aromatic rings. The van der Waals surface area contributed by atoms with Gasteiger partial charge in [-0.1, -0.05) is 52.3 Å². The van der Waals surface area contributed by atoms with E-state index in [1.54, 1.807) is 6.07 Å². The highest BCUT2D eigenvalue weighted by molar-refractivity contribution is 9.10. The lowest BCUT2D eigenvalue weighted by atomic mass is 9.90. The maximum atomic E-state index is 12.4. The van der Waals surface area contributed by atoms with Gasteiger partial charge in [0.25, 0.3) is 5.91 Å². The van der Waals surface area contributed by atoms with E-state index in [1.165, 1.54) is 5.56 Å². The molecule has 1 amide bonds. The lowest BCUT2D eigenvalue weighted by Gasteiger charge is -2.32. The molecule has 29 heavy (non-hydrogen) atoms. The molecule has 1 aromatic heterocycles. The van der Waals surface area contributed by atoms with Gasteiger partial charge in [-0.25, -0.2) is 0 Å². The van der Waals surface area contributed by atoms with Crippen LogP contribution in [-0.4, -0.2) is 29.2 Å². The van der Waals surface area contributed by atoms with Crippen LogP contribution in [0.2, 0.25) is 0 Å². The number of carbonyl (C=O) groups is 1. The van der Waals surface area contributed by atoms with Gasteiger partial charge in [0, 0.05) is 23.2 Å². The van der Waals surface area contributed by atoms with Gasteiger partial charge < -0.3 is 10.2 Å². The van der Waals surface area contributed by atoms with Gasteiger partial charge in [-0.15, -0.1) is 10.2 Å². The summed E-state index contributed by atoms with van der Waals surface area (Å²) in [6, 6.07) is 21.8. The molecule has 6 heteroatoms. The van der Waals surface area contributed by atoms with Gasteiger partial charge in [-0.2, -0.15) is 0 Å². The molecule has 148 valence electrons. The minimum atomic E-state index is -0.260. The summed E-state index contributed by atoms with van der Waals surface area (Å²) in [5.41, 5.74) is 2.44. The first-order valence-corrected chi connectivity index (χ1v) is 10.7. The van der Waals surface area contributed by atoms with Gasteiger partial charge in [0.05, 0.1) is 0 Å². The van der Waals surface area contributed by atoms with E-state index in [9.17, 15) is 4.79 Å². The molecule has 0 spiro atoms. The molecule has 4 rings (SSSR count). The molecule has 2 aromatic carbocycles. The SMILES string of the molecule is O=C(Nc1cccc(Br)c1)c1ccc(N2CCC(Cc3ccccc3)CC2)nn1. The van der Waals surface area contributed by atoms with Crippen molar-refractivity contribution < 1.29 is 4.79 Å². The lowest BCUT2D eigenvalue weighted by molar-refractivity contribution is 0.102. The highest BCUT2D eigenvalue weighted by atomic mass is 79.9. The van der Waals surface area contributed by atoms with Gasteiger partial charge in [-0.3, -0.25) is 4.79 Å². The third-order valence-corrected chi connectivity index (χ3v) is 5.76. The van der Waals surface area contributed by atoms with Crippen LogP contribution in [0.1, 0.15) is 28.9 Å². The summed E-state index contributed by atoms with van der Waals surface area (Å²) >= 11 is 3.40. The van der Waals surface area contributed by atoms with E-state index in [0.717, 1.165) is 48.3 Å². The van der Waals surface area contributed by atoms with Crippen molar-refractivity contribution in [2.75, 3.05) is 23.3 Å². The van der Waals surface area contributed by atoms with Crippen LogP contribution in [0.4, 0.5) is 11.5 Å². The van der Waals surface area contributed by atoms with Crippen molar-refractivity contribution in [3.8, 4) is 0 Å². The molecule has 0 saturated carbocycles. The Kier molecular flexibility index (Phi) is 6.20. The zero-order chi connectivity index (χ0) is 20.1. The monoisotopic (exact) mass is 450 g/mol. The molecule has 0 bridgehead atoms. The Morgan fingerprint density at radius 1 is 1.00 bits per heavy atom. The number of carbonyl (C=O) groups excluding carboxylic acids is 1. The predicted molar refractivity (Wildman–Crippen MR) is 119 cm³/mol. The summed E-state index contributed by atoms with van der Waals surface area (Å²) in [5, 5.41) is 11.3. The molecule has 1 saturated heterocycles. The summed E-state index contributed by atoms with van der Waals surface area (Å²) in [5.74, 6) is 1.28. The predicted octanol–water partition coefficient (Wildman–Crippen LogP) is 4.95. The second kappa shape index (κ2) is 9.18. The average molecular weight is 451 g/mol. The van der Waals surface area contributed by atoms with Crippen LogP contribution in [0.3, 0.4) is 0 Å². The fraction of sp³-hybridized carbons (Fsp3) is 0.261. The topological polar surface area (TPSA) is 58.1 Å². The maximum Gasteiger partial charge on any atom is 0.276 e. The van der Waals surface area contributed by atoms with Crippen molar-refractivity contribution in [1.82, 2.24) is 10.2 Å². The Hall–Kier alpha value is -2.73. The highest BCUT2D eigenvalue weighted by Crippen LogP contribution is 2.24. The maximum absolute atomic E-state index is 12.4. The first kappa shape index (κ1) is 19.6. The number of anilines is 2. The summed E-state index contributed by atoms with van der Waals surface area (Å²) in [7, 11) is 0. The van der Waals surface area contributed by atoms with Gasteiger partial charge in [0.2, 0.25) is 0 Å². The molecule has 1 aliphatic rings. The van der Waals surface area contributed by atoms with Crippen molar-refractivity contribution in [2.45, 2.75) is 19.3 Å². The van der Waals surface area contributed by atoms with Crippen LogP contribution in [0.5, 0.6) is 0 Å². The molecule has 1 aliphatic heterocycles. The van der Waals surface area contributed by atoms with E-state index in [-0.39, 0.29) is 5.91 Å². The largest absolute Gasteiger partial charge is 0.355 e. The third kappa shape index (κ3) is 5.21. The quantitative estimate of drug-likeness (QED) is 0.597. The molecular formula is C23H23BrN4O. The van der Waals surface area contributed by atoms with Crippen molar-refractivity contribution in [1.29, 1.82) is 0 Å². The van der Waals surface area contributed by atoms with E-state index >= 15 is 0 Å². The number of rotatable bonds is 5. The molecule has 5 nitrogen and oxygen atoms in total. The van der Waals surface area contributed by atoms with Crippen LogP contribution in [0.15, 0.2) is 71.2 Å². The molecular weight excluding hydrogens is 428 g/mol. The summed E-state index contributed by atoms with van der Waals surface area (Å²) in [4.78, 5) is 14.6. The van der Waals surface area contributed by atoms with Gasteiger partial charge in [0.15, 0.2) is 11.5 Å². The van der Waals surface area contributed by atoms with E-state index in [4.69, 9.17) is 0 Å². The van der Waals surface area contributed by atoms with Gasteiger partial charge in [0.1, 0.15) is 0 Å². The first-order chi connectivity index (χ1) is 14.2. The number of benzene rings is 2. The third-order valence-electron chi connectivity index (χ3n) is 5.27. The van der Waals surface area contributed by atoms with E-state index < -0.39 is 0 Å². The van der Waals surface area contributed by atoms with Crippen molar-refractivity contribution in [2.24, 2.45) is 5.92 Å². The normalized spacial score (nSPS) is 14.6. The summed E-state index contributed by atoms with van der Waals surface area (Å²) < 4.78 is 0.910. The number of nitrogens with zero attached hydrogens (tertiary/aromatic N) is 3. The number of halogens is 1. The minimum absolute atomic E-state index is 0.260. The zero-order valence-corrected chi connectivity index (χ0v) is 17.7. The van der Waals surface area contributed by atoms with Crippen molar-refractivity contribution in [3.05, 3.63) is 82.5 Å². The fourth-order valence-electron chi connectivity index (χ4n) is 3.69. The molecule has 2 heterocycles. The summed E-state index contributed by atoms with van der Waals surface area (Å²) in [6.07, 6.45) is 3.42. The van der Waals surface area contributed by atoms with Crippen LogP contribution in [0, 0.1) is 5.92 Å². The average Bonchev–Trinajstić information content (AvgIpc) is 2.75. The number of amides is 1. The standard InChI is InChI=1S/C23H23BrN4O/c24-19-7-4-8-20(16-19)25-23(29)21-9-10-22(27-26-21)28-13-11-18(12-14-28)15-17-5-2-1-3-6-17/h1-10,16,18H,11-15H2,(H,25,29). The molecule has 0 radical (unpaired) electrons. The van der Waals surface area contributed by atoms with Crippen LogP contribution >= 0.6 is 15.9 Å². The minimum Gasteiger partial charge on any atom is -0.355 e. The Morgan fingerprint density at radius 2 is 1.79 bits per heavy atom. The van der Waals surface area contributed by atoms with Crippen LogP contribution in [-0.2, 0) is 6.42 Å². The Balaban J connectivity index is 1.32. The van der Waals surface area contributed by atoms with Gasteiger partial charge in [-0.05, 0) is 61.1 Å². The Bertz CT molecular complexity index is 954. The zero-order valence-electron chi connectivity index (χ0n) is 16.1. The Labute approximate surface area is 179 Å². The van der Waals surface area contributed by atoms with E-state index in [0.29, 0.717) is 11.6 Å².